The zero-order valence-electron chi connectivity index (χ0n) is 22.8. The second-order valence-electron chi connectivity index (χ2n) is 10.2. The lowest BCUT2D eigenvalue weighted by Crippen LogP contribution is -2.01. The largest absolute Gasteiger partial charge is 0.203 e. The molecule has 0 heterocycles. The van der Waals surface area contributed by atoms with Crippen molar-refractivity contribution in [3.05, 3.63) is 105 Å². The minimum Gasteiger partial charge on any atom is -0.203 e. The van der Waals surface area contributed by atoms with Crippen LogP contribution >= 0.6 is 0 Å². The van der Waals surface area contributed by atoms with E-state index in [0.717, 1.165) is 35.1 Å². The summed E-state index contributed by atoms with van der Waals surface area (Å²) in [4.78, 5) is 0. The van der Waals surface area contributed by atoms with Crippen molar-refractivity contribution >= 4 is 0 Å². The number of hydrogen-bond acceptors (Lipinski definition) is 0. The van der Waals surface area contributed by atoms with E-state index in [1.54, 1.807) is 12.1 Å². The van der Waals surface area contributed by atoms with Crippen LogP contribution in [0.3, 0.4) is 0 Å². The molecule has 0 radical (unpaired) electrons. The zero-order chi connectivity index (χ0) is 26.3. The van der Waals surface area contributed by atoms with Crippen LogP contribution in [-0.2, 0) is 6.42 Å². The normalized spacial score (nSPS) is 11.3. The summed E-state index contributed by atoms with van der Waals surface area (Å²) in [6.45, 7) is 16.9. The summed E-state index contributed by atoms with van der Waals surface area (Å²) in [7, 11) is 0. The van der Waals surface area contributed by atoms with E-state index in [0.29, 0.717) is 11.1 Å². The third-order valence-electron chi connectivity index (χ3n) is 8.12. The Balaban J connectivity index is 1.74. The molecular weight excluding hydrogens is 446 g/mol. The molecule has 36 heavy (non-hydrogen) atoms. The van der Waals surface area contributed by atoms with Crippen molar-refractivity contribution in [1.82, 2.24) is 0 Å². The molecule has 186 valence electrons. The van der Waals surface area contributed by atoms with E-state index in [1.165, 1.54) is 38.9 Å². The maximum Gasteiger partial charge on any atom is 0.167 e. The average molecular weight is 483 g/mol. The van der Waals surface area contributed by atoms with Gasteiger partial charge in [0.05, 0.1) is 0 Å². The first-order valence-electron chi connectivity index (χ1n) is 12.8. The smallest absolute Gasteiger partial charge is 0.167 e. The highest BCUT2D eigenvalue weighted by Crippen LogP contribution is 2.37. The van der Waals surface area contributed by atoms with Crippen LogP contribution in [0.25, 0.3) is 33.4 Å². The van der Waals surface area contributed by atoms with Gasteiger partial charge in [0.25, 0.3) is 0 Å². The summed E-state index contributed by atoms with van der Waals surface area (Å²) in [5.74, 6) is -1.59. The van der Waals surface area contributed by atoms with E-state index in [4.69, 9.17) is 0 Å². The van der Waals surface area contributed by atoms with Gasteiger partial charge in [0.1, 0.15) is 0 Å². The quantitative estimate of drug-likeness (QED) is 0.265. The van der Waals surface area contributed by atoms with Gasteiger partial charge in [-0.2, -0.15) is 0 Å². The Morgan fingerprint density at radius 2 is 1.00 bits per heavy atom. The molecule has 0 aliphatic rings. The lowest BCUT2D eigenvalue weighted by Gasteiger charge is -2.18. The van der Waals surface area contributed by atoms with Crippen molar-refractivity contribution in [2.24, 2.45) is 0 Å². The van der Waals surface area contributed by atoms with E-state index in [2.05, 4.69) is 54.5 Å². The van der Waals surface area contributed by atoms with E-state index >= 15 is 8.78 Å². The molecule has 4 aromatic rings. The van der Waals surface area contributed by atoms with Crippen molar-refractivity contribution in [2.45, 2.75) is 68.2 Å². The molecule has 0 aliphatic heterocycles. The maximum atomic E-state index is 15.5. The van der Waals surface area contributed by atoms with Crippen LogP contribution in [0.2, 0.25) is 0 Å². The van der Waals surface area contributed by atoms with Crippen molar-refractivity contribution in [3.8, 4) is 33.4 Å². The monoisotopic (exact) mass is 482 g/mol. The zero-order valence-corrected chi connectivity index (χ0v) is 22.8. The van der Waals surface area contributed by atoms with Gasteiger partial charge in [-0.05, 0) is 122 Å². The summed E-state index contributed by atoms with van der Waals surface area (Å²) < 4.78 is 30.9. The Labute approximate surface area is 215 Å². The number of hydrogen-bond donors (Lipinski definition) is 0. The van der Waals surface area contributed by atoms with Gasteiger partial charge < -0.3 is 0 Å². The van der Waals surface area contributed by atoms with Gasteiger partial charge in [-0.25, -0.2) is 8.78 Å². The van der Waals surface area contributed by atoms with Crippen molar-refractivity contribution in [2.75, 3.05) is 0 Å². The molecular formula is C34H36F2. The van der Waals surface area contributed by atoms with Crippen LogP contribution in [0.4, 0.5) is 8.78 Å². The molecule has 4 aromatic carbocycles. The minimum absolute atomic E-state index is 0.282. The van der Waals surface area contributed by atoms with Gasteiger partial charge in [0, 0.05) is 11.1 Å². The fourth-order valence-electron chi connectivity index (χ4n) is 5.37. The van der Waals surface area contributed by atoms with Gasteiger partial charge in [0.15, 0.2) is 11.6 Å². The summed E-state index contributed by atoms with van der Waals surface area (Å²) in [5.41, 5.74) is 14.0. The van der Waals surface area contributed by atoms with Gasteiger partial charge in [-0.3, -0.25) is 0 Å². The molecule has 0 nitrogen and oxygen atoms in total. The first-order valence-corrected chi connectivity index (χ1v) is 12.8. The molecule has 0 saturated heterocycles. The fourth-order valence-corrected chi connectivity index (χ4v) is 5.37. The Morgan fingerprint density at radius 3 is 1.61 bits per heavy atom. The molecule has 0 saturated carbocycles. The number of halogens is 2. The van der Waals surface area contributed by atoms with Crippen LogP contribution in [-0.4, -0.2) is 0 Å². The lowest BCUT2D eigenvalue weighted by atomic mass is 9.87. The van der Waals surface area contributed by atoms with Crippen LogP contribution in [0.15, 0.2) is 48.5 Å². The molecule has 0 aromatic heterocycles. The van der Waals surface area contributed by atoms with E-state index in [9.17, 15) is 0 Å². The first kappa shape index (κ1) is 25.8. The Kier molecular flexibility index (Phi) is 7.18. The number of benzene rings is 4. The highest BCUT2D eigenvalue weighted by molar-refractivity contribution is 5.77. The topological polar surface area (TPSA) is 0 Å². The first-order chi connectivity index (χ1) is 17.1. The Morgan fingerprint density at radius 1 is 0.500 bits per heavy atom. The molecule has 0 fully saturated rings. The van der Waals surface area contributed by atoms with E-state index in [1.807, 2.05) is 37.3 Å². The summed E-state index contributed by atoms with van der Waals surface area (Å²) in [6.07, 6.45) is 2.05. The molecule has 0 atom stereocenters. The third-order valence-corrected chi connectivity index (χ3v) is 8.12. The van der Waals surface area contributed by atoms with Crippen molar-refractivity contribution in [3.63, 3.8) is 0 Å². The molecule has 0 amide bonds. The van der Waals surface area contributed by atoms with Crippen LogP contribution in [0.1, 0.15) is 57.9 Å². The molecule has 0 bridgehead atoms. The highest BCUT2D eigenvalue weighted by atomic mass is 19.2. The van der Waals surface area contributed by atoms with Gasteiger partial charge in [-0.1, -0.05) is 61.9 Å². The van der Waals surface area contributed by atoms with Crippen LogP contribution < -0.4 is 0 Å². The number of aryl methyl sites for hydroxylation is 2. The standard InChI is InChI=1S/C34H36F2/c1-9-10-28-20(3)18-32(25(8)24(28)7)30-16-15-29(33(35)34(30)36)26-11-13-27(14-12-26)31-17-19(2)21(4)22(5)23(31)6/h11-18H,9-10H2,1-8H3. The molecule has 0 N–H and O–H groups in total. The second kappa shape index (κ2) is 10.0. The third kappa shape index (κ3) is 4.39. The summed E-state index contributed by atoms with van der Waals surface area (Å²) in [5, 5.41) is 0. The molecule has 0 unspecified atom stereocenters. The second-order valence-corrected chi connectivity index (χ2v) is 10.2. The van der Waals surface area contributed by atoms with Gasteiger partial charge >= 0.3 is 0 Å². The van der Waals surface area contributed by atoms with Gasteiger partial charge in [0.2, 0.25) is 0 Å². The maximum absolute atomic E-state index is 15.5. The average Bonchev–Trinajstić information content (AvgIpc) is 2.87. The predicted octanol–water partition coefficient (Wildman–Crippen LogP) is 10.1. The molecule has 2 heteroatoms. The lowest BCUT2D eigenvalue weighted by molar-refractivity contribution is 0.513. The predicted molar refractivity (Wildman–Crippen MR) is 150 cm³/mol. The Hall–Kier alpha value is -3.26. The summed E-state index contributed by atoms with van der Waals surface area (Å²) >= 11 is 0. The van der Waals surface area contributed by atoms with E-state index in [-0.39, 0.29) is 5.56 Å². The SMILES string of the molecule is CCCc1c(C)cc(-c2ccc(-c3ccc(-c4cc(C)c(C)c(C)c4C)cc3)c(F)c2F)c(C)c1C. The molecule has 4 rings (SSSR count). The highest BCUT2D eigenvalue weighted by Gasteiger charge is 2.19. The van der Waals surface area contributed by atoms with Crippen LogP contribution in [0, 0.1) is 60.1 Å². The van der Waals surface area contributed by atoms with Crippen molar-refractivity contribution in [1.29, 1.82) is 0 Å². The fraction of sp³-hybridized carbons (Fsp3) is 0.294. The van der Waals surface area contributed by atoms with E-state index < -0.39 is 11.6 Å². The van der Waals surface area contributed by atoms with Crippen molar-refractivity contribution < 1.29 is 8.78 Å². The molecule has 0 aliphatic carbocycles. The minimum atomic E-state index is -0.800. The molecule has 0 spiro atoms. The van der Waals surface area contributed by atoms with Crippen LogP contribution in [0.5, 0.6) is 0 Å². The number of rotatable bonds is 5. The van der Waals surface area contributed by atoms with Gasteiger partial charge in [-0.15, -0.1) is 0 Å². The summed E-state index contributed by atoms with van der Waals surface area (Å²) in [6, 6.07) is 15.4. The Bertz CT molecular complexity index is 1460.